The van der Waals surface area contributed by atoms with Crippen LogP contribution in [-0.2, 0) is 36.6 Å². The Balaban J connectivity index is 0.000000208. The molecule has 6 rings (SSSR count). The van der Waals surface area contributed by atoms with Crippen LogP contribution in [0.4, 0.5) is 21.0 Å². The van der Waals surface area contributed by atoms with Crippen LogP contribution in [0.3, 0.4) is 0 Å². The van der Waals surface area contributed by atoms with Gasteiger partial charge in [0.2, 0.25) is 0 Å². The quantitative estimate of drug-likeness (QED) is 0.299. The van der Waals surface area contributed by atoms with Gasteiger partial charge in [-0.3, -0.25) is 14.0 Å². The van der Waals surface area contributed by atoms with Crippen molar-refractivity contribution >= 4 is 33.7 Å². The number of benzene rings is 2. The third-order valence-corrected chi connectivity index (χ3v) is 12.2. The van der Waals surface area contributed by atoms with Crippen molar-refractivity contribution in [2.45, 2.75) is 171 Å². The van der Waals surface area contributed by atoms with Gasteiger partial charge in [0, 0.05) is 13.1 Å². The molecule has 2 aliphatic heterocycles. The van der Waals surface area contributed by atoms with Crippen LogP contribution in [0.2, 0.25) is 0 Å². The van der Waals surface area contributed by atoms with E-state index in [1.54, 1.807) is 28.0 Å². The smallest absolute Gasteiger partial charge is 0.414 e. The van der Waals surface area contributed by atoms with Crippen molar-refractivity contribution in [2.75, 3.05) is 29.1 Å². The van der Waals surface area contributed by atoms with Crippen LogP contribution < -0.4 is 14.5 Å². The van der Waals surface area contributed by atoms with Gasteiger partial charge in [0.25, 0.3) is 10.1 Å². The number of ether oxygens (including phenoxy) is 3. The van der Waals surface area contributed by atoms with Crippen molar-refractivity contribution in [1.82, 2.24) is 0 Å². The summed E-state index contributed by atoms with van der Waals surface area (Å²) in [4.78, 5) is 27.7. The Hall–Kier alpha value is -3.51. The Morgan fingerprint density at radius 2 is 1.02 bits per heavy atom. The third-order valence-electron chi connectivity index (χ3n) is 11.5. The molecule has 1 N–H and O–H groups in total. The second kappa shape index (κ2) is 19.0. The average molecular weight is 843 g/mol. The van der Waals surface area contributed by atoms with Crippen LogP contribution in [0, 0.1) is 22.7 Å². The van der Waals surface area contributed by atoms with Gasteiger partial charge in [0.05, 0.1) is 29.8 Å². The zero-order valence-electron chi connectivity index (χ0n) is 38.3. The molecule has 12 heteroatoms. The average Bonchev–Trinajstić information content (AvgIpc) is 3.70. The fourth-order valence-corrected chi connectivity index (χ4v) is 9.05. The van der Waals surface area contributed by atoms with E-state index in [1.165, 1.54) is 18.4 Å². The highest BCUT2D eigenvalue weighted by Crippen LogP contribution is 2.41. The van der Waals surface area contributed by atoms with E-state index in [0.29, 0.717) is 35.9 Å². The molecule has 2 aliphatic carbocycles. The number of hydrogen-bond donors (Lipinski definition) is 1. The highest BCUT2D eigenvalue weighted by atomic mass is 32.2. The lowest BCUT2D eigenvalue weighted by Gasteiger charge is -2.37. The Labute approximate surface area is 355 Å². The molecule has 2 aromatic rings. The van der Waals surface area contributed by atoms with E-state index in [9.17, 15) is 23.1 Å². The fourth-order valence-electron chi connectivity index (χ4n) is 8.36. The zero-order valence-corrected chi connectivity index (χ0v) is 39.1. The van der Waals surface area contributed by atoms with E-state index in [0.717, 1.165) is 86.2 Å². The summed E-state index contributed by atoms with van der Waals surface area (Å²) in [5.74, 6) is 2.64. The number of hydrogen-bond acceptors (Lipinski definition) is 9. The summed E-state index contributed by atoms with van der Waals surface area (Å²) >= 11 is 0. The maximum Gasteiger partial charge on any atom is 0.414 e. The summed E-state index contributed by atoms with van der Waals surface area (Å²) in [7, 11) is -3.28. The van der Waals surface area contributed by atoms with Crippen molar-refractivity contribution in [3.8, 4) is 11.5 Å². The number of carbonyl (C=O) groups is 2. The number of nitrogens with zero attached hydrogens (tertiary/aromatic N) is 2. The maximum atomic E-state index is 12.4. The van der Waals surface area contributed by atoms with Crippen molar-refractivity contribution in [1.29, 1.82) is 0 Å². The van der Waals surface area contributed by atoms with Gasteiger partial charge in [-0.1, -0.05) is 41.5 Å². The molecule has 0 radical (unpaired) electrons. The first-order valence-corrected chi connectivity index (χ1v) is 23.4. The Morgan fingerprint density at radius 1 is 0.610 bits per heavy atom. The van der Waals surface area contributed by atoms with E-state index in [2.05, 4.69) is 47.6 Å². The molecule has 2 amide bonds. The van der Waals surface area contributed by atoms with E-state index < -0.39 is 21.3 Å². The molecule has 0 saturated heterocycles. The van der Waals surface area contributed by atoms with E-state index in [4.69, 9.17) is 18.4 Å². The molecule has 11 nitrogen and oxygen atoms in total. The molecular formula is C47H74N2O9S. The molecule has 0 spiro atoms. The monoisotopic (exact) mass is 843 g/mol. The predicted molar refractivity (Wildman–Crippen MR) is 236 cm³/mol. The standard InChI is InChI=1S/C23H35NO3.C13H17NO3.C11H22O3S/c1-22(2,3)17-7-9-18(10-8-17)26-19-11-12-20-16(15-19)13-14-24(20)21(25)27-23(4,5)6;1-13(2,3)17-12(16)14-7-6-9-8-10(15)4-5-11(9)14;1-11(2,3)9-5-7-10(8-6-9)14-15(4,12)13/h11-12,15,17-18H,7-10,13-14H2,1-6H3;4-5,8,15H,6-7H2,1-3H3;9-10H,5-8H2,1-4H3. The number of phenolic OH excluding ortho intramolecular Hbond substituents is 1. The number of fused-ring (bicyclic) bond motifs is 2. The summed E-state index contributed by atoms with van der Waals surface area (Å²) in [6.45, 7) is 26.3. The highest BCUT2D eigenvalue weighted by Gasteiger charge is 2.34. The van der Waals surface area contributed by atoms with Crippen LogP contribution >= 0.6 is 0 Å². The summed E-state index contributed by atoms with van der Waals surface area (Å²) in [6, 6.07) is 11.1. The second-order valence-corrected chi connectivity index (χ2v) is 22.6. The summed E-state index contributed by atoms with van der Waals surface area (Å²) < 4.78 is 44.1. The van der Waals surface area contributed by atoms with Gasteiger partial charge in [0.15, 0.2) is 0 Å². The number of carbonyl (C=O) groups excluding carboxylic acids is 2. The van der Waals surface area contributed by atoms with Gasteiger partial charge in [-0.2, -0.15) is 8.42 Å². The predicted octanol–water partition coefficient (Wildman–Crippen LogP) is 11.2. The Bertz CT molecular complexity index is 1830. The summed E-state index contributed by atoms with van der Waals surface area (Å²) in [5, 5.41) is 9.37. The minimum Gasteiger partial charge on any atom is -0.508 e. The topological polar surface area (TPSA) is 132 Å². The highest BCUT2D eigenvalue weighted by molar-refractivity contribution is 7.86. The van der Waals surface area contributed by atoms with E-state index in [1.807, 2.05) is 53.7 Å². The lowest BCUT2D eigenvalue weighted by Crippen LogP contribution is -2.35. The number of anilines is 2. The molecular weight excluding hydrogens is 769 g/mol. The lowest BCUT2D eigenvalue weighted by molar-refractivity contribution is 0.0573. The Morgan fingerprint density at radius 3 is 1.42 bits per heavy atom. The van der Waals surface area contributed by atoms with Crippen LogP contribution in [0.15, 0.2) is 36.4 Å². The minimum atomic E-state index is -3.28. The summed E-state index contributed by atoms with van der Waals surface area (Å²) in [6.07, 6.45) is 11.0. The number of phenols is 1. The summed E-state index contributed by atoms with van der Waals surface area (Å²) in [5.41, 5.74) is 3.69. The molecule has 0 unspecified atom stereocenters. The molecule has 4 aliphatic rings. The van der Waals surface area contributed by atoms with Gasteiger partial charge in [-0.05, 0) is 176 Å². The van der Waals surface area contributed by atoms with Crippen LogP contribution in [0.5, 0.6) is 11.5 Å². The molecule has 0 atom stereocenters. The van der Waals surface area contributed by atoms with Gasteiger partial charge in [0.1, 0.15) is 22.7 Å². The molecule has 2 fully saturated rings. The van der Waals surface area contributed by atoms with Crippen LogP contribution in [-0.4, -0.2) is 68.5 Å². The number of aromatic hydroxyl groups is 1. The van der Waals surface area contributed by atoms with Crippen molar-refractivity contribution in [2.24, 2.45) is 22.7 Å². The SMILES string of the molecule is CC(C)(C)C1CCC(OS(C)(=O)=O)CC1.CC(C)(C)OC(=O)N1CCc2cc(O)ccc21.CC(C)(C)OC(=O)N1CCc2cc(OC3CCC(C(C)(C)C)CC3)ccc21. The molecule has 0 bridgehead atoms. The molecule has 2 aromatic carbocycles. The van der Waals surface area contributed by atoms with Gasteiger partial charge in [-0.15, -0.1) is 0 Å². The van der Waals surface area contributed by atoms with Gasteiger partial charge < -0.3 is 19.3 Å². The first-order chi connectivity index (χ1) is 27.1. The fraction of sp³-hybridized carbons (Fsp3) is 0.702. The third kappa shape index (κ3) is 15.2. The Kier molecular flexibility index (Phi) is 15.5. The molecule has 0 aromatic heterocycles. The molecule has 332 valence electrons. The van der Waals surface area contributed by atoms with E-state index in [-0.39, 0.29) is 24.0 Å². The number of rotatable bonds is 4. The molecule has 59 heavy (non-hydrogen) atoms. The lowest BCUT2D eigenvalue weighted by atomic mass is 9.72. The second-order valence-electron chi connectivity index (χ2n) is 21.0. The number of amides is 2. The molecule has 2 heterocycles. The minimum absolute atomic E-state index is 0.0846. The van der Waals surface area contributed by atoms with Gasteiger partial charge in [-0.25, -0.2) is 9.59 Å². The molecule has 2 saturated carbocycles. The van der Waals surface area contributed by atoms with Crippen LogP contribution in [0.1, 0.15) is 146 Å². The van der Waals surface area contributed by atoms with Crippen molar-refractivity contribution in [3.63, 3.8) is 0 Å². The maximum absolute atomic E-state index is 12.4. The first-order valence-electron chi connectivity index (χ1n) is 21.6. The van der Waals surface area contributed by atoms with Gasteiger partial charge >= 0.3 is 12.2 Å². The largest absolute Gasteiger partial charge is 0.508 e. The van der Waals surface area contributed by atoms with E-state index >= 15 is 0 Å². The zero-order chi connectivity index (χ0) is 44.1. The normalized spacial score (nSPS) is 22.2. The van der Waals surface area contributed by atoms with Crippen molar-refractivity contribution < 1.29 is 41.5 Å². The first kappa shape index (κ1) is 48.2. The van der Waals surface area contributed by atoms with Crippen molar-refractivity contribution in [3.05, 3.63) is 47.5 Å². The van der Waals surface area contributed by atoms with Crippen LogP contribution in [0.25, 0.3) is 0 Å².